The third kappa shape index (κ3) is 1.74. The molecule has 14 heavy (non-hydrogen) atoms. The quantitative estimate of drug-likeness (QED) is 0.659. The van der Waals surface area contributed by atoms with Crippen molar-refractivity contribution in [1.82, 2.24) is 9.79 Å². The first-order chi connectivity index (χ1) is 6.77. The molecule has 1 aliphatic rings. The van der Waals surface area contributed by atoms with Gasteiger partial charge in [0.1, 0.15) is 0 Å². The first-order valence-electron chi connectivity index (χ1n) is 4.88. The van der Waals surface area contributed by atoms with E-state index in [1.807, 2.05) is 24.5 Å². The summed E-state index contributed by atoms with van der Waals surface area (Å²) in [5.74, 6) is 0. The summed E-state index contributed by atoms with van der Waals surface area (Å²) in [4.78, 5) is 8.51. The largest absolute Gasteiger partial charge is 0.404 e. The lowest BCUT2D eigenvalue weighted by molar-refractivity contribution is 0.622. The molecule has 2 heterocycles. The van der Waals surface area contributed by atoms with Crippen LogP contribution in [0.4, 0.5) is 5.69 Å². The fourth-order valence-electron chi connectivity index (χ4n) is 1.47. The van der Waals surface area contributed by atoms with Gasteiger partial charge in [0.05, 0.1) is 6.67 Å². The number of anilines is 1. The summed E-state index contributed by atoms with van der Waals surface area (Å²) in [6, 6.07) is 4.04. The van der Waals surface area contributed by atoms with Crippen LogP contribution in [0.3, 0.4) is 0 Å². The Morgan fingerprint density at radius 2 is 1.93 bits per heavy atom. The van der Waals surface area contributed by atoms with Gasteiger partial charge in [0.25, 0.3) is 0 Å². The summed E-state index contributed by atoms with van der Waals surface area (Å²) in [7, 11) is 0. The second-order valence-electron chi connectivity index (χ2n) is 3.72. The molecule has 0 saturated carbocycles. The van der Waals surface area contributed by atoms with Gasteiger partial charge in [-0.2, -0.15) is 0 Å². The van der Waals surface area contributed by atoms with Crippen LogP contribution in [0.5, 0.6) is 0 Å². The van der Waals surface area contributed by atoms with Crippen molar-refractivity contribution in [1.29, 1.82) is 0 Å². The highest BCUT2D eigenvalue weighted by atomic mass is 15.3. The molecule has 1 aliphatic heterocycles. The molecule has 2 rings (SSSR count). The van der Waals surface area contributed by atoms with Crippen molar-refractivity contribution < 1.29 is 0 Å². The van der Waals surface area contributed by atoms with E-state index in [-0.39, 0.29) is 0 Å². The van der Waals surface area contributed by atoms with E-state index in [1.165, 1.54) is 5.69 Å². The van der Waals surface area contributed by atoms with E-state index in [9.17, 15) is 0 Å². The minimum atomic E-state index is 0.554. The van der Waals surface area contributed by atoms with Crippen molar-refractivity contribution in [3.63, 3.8) is 0 Å². The van der Waals surface area contributed by atoms with Crippen LogP contribution in [-0.2, 0) is 0 Å². The summed E-state index contributed by atoms with van der Waals surface area (Å²) in [5, 5.41) is 0. The predicted molar refractivity (Wildman–Crippen MR) is 60.0 cm³/mol. The minimum absolute atomic E-state index is 0.554. The van der Waals surface area contributed by atoms with Crippen LogP contribution in [0.25, 0.3) is 0 Å². The molecular formula is C10H14BN3. The van der Waals surface area contributed by atoms with Gasteiger partial charge in [-0.3, -0.25) is 4.98 Å². The van der Waals surface area contributed by atoms with Crippen molar-refractivity contribution in [2.45, 2.75) is 13.6 Å². The van der Waals surface area contributed by atoms with E-state index in [4.69, 9.17) is 0 Å². The Morgan fingerprint density at radius 1 is 1.21 bits per heavy atom. The van der Waals surface area contributed by atoms with Crippen molar-refractivity contribution in [3.8, 4) is 0 Å². The van der Waals surface area contributed by atoms with E-state index in [1.54, 1.807) is 0 Å². The van der Waals surface area contributed by atoms with Gasteiger partial charge < -0.3 is 9.71 Å². The van der Waals surface area contributed by atoms with Crippen molar-refractivity contribution >= 4 is 12.5 Å². The molecule has 0 saturated heterocycles. The number of aromatic nitrogens is 1. The van der Waals surface area contributed by atoms with Crippen LogP contribution in [0, 0.1) is 0 Å². The molecule has 0 radical (unpaired) electrons. The molecule has 0 fully saturated rings. The van der Waals surface area contributed by atoms with Crippen molar-refractivity contribution in [2.24, 2.45) is 0 Å². The van der Waals surface area contributed by atoms with Crippen LogP contribution in [0.1, 0.15) is 0 Å². The van der Waals surface area contributed by atoms with Crippen LogP contribution in [0.15, 0.2) is 36.9 Å². The second-order valence-corrected chi connectivity index (χ2v) is 3.72. The number of pyridine rings is 1. The van der Waals surface area contributed by atoms with Gasteiger partial charge in [-0.05, 0) is 12.1 Å². The Labute approximate surface area is 85.1 Å². The lowest BCUT2D eigenvalue weighted by Gasteiger charge is -2.22. The van der Waals surface area contributed by atoms with Gasteiger partial charge in [-0.1, -0.05) is 13.6 Å². The molecule has 72 valence electrons. The molecule has 0 aliphatic carbocycles. The maximum atomic E-state index is 4.01. The third-order valence-corrected chi connectivity index (χ3v) is 2.41. The molecule has 3 nitrogen and oxygen atoms in total. The molecule has 0 N–H and O–H groups in total. The Kier molecular flexibility index (Phi) is 2.44. The highest BCUT2D eigenvalue weighted by Gasteiger charge is 2.17. The maximum Gasteiger partial charge on any atom is 0.249 e. The topological polar surface area (TPSA) is 19.4 Å². The van der Waals surface area contributed by atoms with E-state index < -0.39 is 0 Å². The zero-order valence-electron chi connectivity index (χ0n) is 8.59. The Morgan fingerprint density at radius 3 is 2.50 bits per heavy atom. The number of hydrogen-bond donors (Lipinski definition) is 0. The molecule has 0 unspecified atom stereocenters. The average Bonchev–Trinajstić information content (AvgIpc) is 2.68. The SMILES string of the molecule is CB(C)N1C=CN(c2ccncc2)C1. The molecule has 4 heteroatoms. The third-order valence-electron chi connectivity index (χ3n) is 2.41. The highest BCUT2D eigenvalue weighted by Crippen LogP contribution is 2.18. The lowest BCUT2D eigenvalue weighted by atomic mass is 9.67. The Balaban J connectivity index is 2.08. The minimum Gasteiger partial charge on any atom is -0.404 e. The van der Waals surface area contributed by atoms with Crippen LogP contribution in [-0.4, -0.2) is 23.3 Å². The fraction of sp³-hybridized carbons (Fsp3) is 0.300. The molecule has 0 amide bonds. The summed E-state index contributed by atoms with van der Waals surface area (Å²) in [6.07, 6.45) is 7.88. The van der Waals surface area contributed by atoms with Gasteiger partial charge in [0.15, 0.2) is 0 Å². The van der Waals surface area contributed by atoms with E-state index in [0.717, 1.165) is 6.67 Å². The molecule has 1 aromatic heterocycles. The van der Waals surface area contributed by atoms with Gasteiger partial charge >= 0.3 is 0 Å². The zero-order valence-corrected chi connectivity index (χ0v) is 8.59. The Bertz CT molecular complexity index is 323. The zero-order chi connectivity index (χ0) is 9.97. The number of hydrogen-bond acceptors (Lipinski definition) is 3. The summed E-state index contributed by atoms with van der Waals surface area (Å²) < 4.78 is 0. The highest BCUT2D eigenvalue weighted by molar-refractivity contribution is 6.53. The Hall–Kier alpha value is -1.45. The summed E-state index contributed by atoms with van der Waals surface area (Å²) in [6.45, 7) is 5.88. The average molecular weight is 187 g/mol. The van der Waals surface area contributed by atoms with Gasteiger partial charge in [-0.15, -0.1) is 0 Å². The van der Waals surface area contributed by atoms with E-state index >= 15 is 0 Å². The van der Waals surface area contributed by atoms with Crippen LogP contribution < -0.4 is 4.90 Å². The predicted octanol–water partition coefficient (Wildman–Crippen LogP) is 1.88. The standard InChI is InChI=1S/C10H14BN3/c1-11(2)14-8-7-13(9-14)10-3-5-12-6-4-10/h3-8H,9H2,1-2H3. The van der Waals surface area contributed by atoms with Gasteiger partial charge in [-0.25, -0.2) is 0 Å². The van der Waals surface area contributed by atoms with Crippen LogP contribution >= 0.6 is 0 Å². The summed E-state index contributed by atoms with van der Waals surface area (Å²) >= 11 is 0. The molecule has 0 aromatic carbocycles. The molecule has 0 spiro atoms. The maximum absolute atomic E-state index is 4.01. The summed E-state index contributed by atoms with van der Waals surface area (Å²) in [5.41, 5.74) is 1.19. The van der Waals surface area contributed by atoms with E-state index in [0.29, 0.717) is 6.85 Å². The first kappa shape index (κ1) is 9.12. The lowest BCUT2D eigenvalue weighted by Crippen LogP contribution is -2.33. The normalized spacial score (nSPS) is 15.0. The van der Waals surface area contributed by atoms with Crippen molar-refractivity contribution in [2.75, 3.05) is 11.6 Å². The molecule has 0 atom stereocenters. The molecule has 0 bridgehead atoms. The van der Waals surface area contributed by atoms with Crippen molar-refractivity contribution in [3.05, 3.63) is 36.9 Å². The monoisotopic (exact) mass is 187 g/mol. The first-order valence-corrected chi connectivity index (χ1v) is 4.88. The second kappa shape index (κ2) is 3.74. The van der Waals surface area contributed by atoms with Crippen LogP contribution in [0.2, 0.25) is 13.6 Å². The molecular weight excluding hydrogens is 173 g/mol. The van der Waals surface area contributed by atoms with E-state index in [2.05, 4.69) is 40.7 Å². The van der Waals surface area contributed by atoms with Gasteiger partial charge in [0, 0.05) is 30.5 Å². The number of nitrogens with zero attached hydrogens (tertiary/aromatic N) is 3. The van der Waals surface area contributed by atoms with Gasteiger partial charge in [0.2, 0.25) is 6.85 Å². The fourth-order valence-corrected chi connectivity index (χ4v) is 1.47. The molecule has 1 aromatic rings. The smallest absolute Gasteiger partial charge is 0.249 e. The number of rotatable bonds is 2.